The highest BCUT2D eigenvalue weighted by molar-refractivity contribution is 5.70. The minimum absolute atomic E-state index is 0.262. The third kappa shape index (κ3) is 4.31. The van der Waals surface area contributed by atoms with E-state index in [1.165, 1.54) is 11.1 Å². The van der Waals surface area contributed by atoms with Gasteiger partial charge < -0.3 is 10.4 Å². The third-order valence-corrected chi connectivity index (χ3v) is 4.52. The first-order valence-corrected chi connectivity index (χ1v) is 7.99. The number of hydrogen-bond acceptors (Lipinski definition) is 2. The lowest BCUT2D eigenvalue weighted by Crippen LogP contribution is -2.43. The van der Waals surface area contributed by atoms with Crippen molar-refractivity contribution in [2.24, 2.45) is 11.8 Å². The Labute approximate surface area is 127 Å². The van der Waals surface area contributed by atoms with Gasteiger partial charge in [-0.3, -0.25) is 4.79 Å². The molecule has 0 radical (unpaired) electrons. The number of nitrogens with one attached hydrogen (secondary N) is 1. The molecule has 1 unspecified atom stereocenters. The SMILES string of the molecule is Cc1ccccc1C1CC(NCC(CC(C)C)C(=O)O)C1. The Morgan fingerprint density at radius 2 is 2.00 bits per heavy atom. The average molecular weight is 289 g/mol. The number of aryl methyl sites for hydroxylation is 1. The van der Waals surface area contributed by atoms with E-state index in [9.17, 15) is 9.90 Å². The average Bonchev–Trinajstić information content (AvgIpc) is 2.36. The van der Waals surface area contributed by atoms with Gasteiger partial charge in [-0.1, -0.05) is 38.1 Å². The molecule has 116 valence electrons. The summed E-state index contributed by atoms with van der Waals surface area (Å²) in [5, 5.41) is 12.7. The van der Waals surface area contributed by atoms with E-state index >= 15 is 0 Å². The van der Waals surface area contributed by atoms with Crippen LogP contribution in [0.5, 0.6) is 0 Å². The summed E-state index contributed by atoms with van der Waals surface area (Å²) in [4.78, 5) is 11.2. The van der Waals surface area contributed by atoms with Gasteiger partial charge in [0.05, 0.1) is 5.92 Å². The molecule has 0 aromatic heterocycles. The summed E-state index contributed by atoms with van der Waals surface area (Å²) in [5.41, 5.74) is 2.82. The summed E-state index contributed by atoms with van der Waals surface area (Å²) in [5.74, 6) is 0.125. The standard InChI is InChI=1S/C18H27NO2/c1-12(2)8-15(18(20)21)11-19-16-9-14(10-16)17-7-5-4-6-13(17)3/h4-7,12,14-16,19H,8-11H2,1-3H3,(H,20,21). The van der Waals surface area contributed by atoms with Gasteiger partial charge in [0, 0.05) is 12.6 Å². The minimum atomic E-state index is -0.675. The molecule has 0 bridgehead atoms. The van der Waals surface area contributed by atoms with E-state index in [4.69, 9.17) is 0 Å². The lowest BCUT2D eigenvalue weighted by atomic mass is 9.74. The fraction of sp³-hybridized carbons (Fsp3) is 0.611. The maximum atomic E-state index is 11.2. The van der Waals surface area contributed by atoms with E-state index in [2.05, 4.69) is 50.4 Å². The molecule has 0 amide bonds. The number of aliphatic carboxylic acids is 1. The quantitative estimate of drug-likeness (QED) is 0.806. The summed E-state index contributed by atoms with van der Waals surface area (Å²) >= 11 is 0. The van der Waals surface area contributed by atoms with E-state index in [0.717, 1.165) is 19.3 Å². The molecule has 21 heavy (non-hydrogen) atoms. The van der Waals surface area contributed by atoms with Crippen LogP contribution in [0, 0.1) is 18.8 Å². The predicted octanol–water partition coefficient (Wildman–Crippen LogP) is 3.58. The van der Waals surface area contributed by atoms with Gasteiger partial charge in [-0.15, -0.1) is 0 Å². The van der Waals surface area contributed by atoms with Crippen LogP contribution in [-0.2, 0) is 4.79 Å². The van der Waals surface area contributed by atoms with Crippen LogP contribution in [0.2, 0.25) is 0 Å². The van der Waals surface area contributed by atoms with Crippen LogP contribution in [0.3, 0.4) is 0 Å². The highest BCUT2D eigenvalue weighted by Gasteiger charge is 2.31. The number of carbonyl (C=O) groups is 1. The second kappa shape index (κ2) is 7.08. The molecular formula is C18H27NO2. The third-order valence-electron chi connectivity index (χ3n) is 4.52. The van der Waals surface area contributed by atoms with E-state index in [0.29, 0.717) is 24.4 Å². The first-order valence-electron chi connectivity index (χ1n) is 7.99. The molecule has 1 saturated carbocycles. The Balaban J connectivity index is 1.77. The van der Waals surface area contributed by atoms with Crippen LogP contribution in [0.1, 0.15) is 50.2 Å². The van der Waals surface area contributed by atoms with E-state index in [-0.39, 0.29) is 5.92 Å². The molecule has 2 rings (SSSR count). The van der Waals surface area contributed by atoms with Gasteiger partial charge >= 0.3 is 5.97 Å². The van der Waals surface area contributed by atoms with E-state index < -0.39 is 5.97 Å². The van der Waals surface area contributed by atoms with Crippen LogP contribution >= 0.6 is 0 Å². The highest BCUT2D eigenvalue weighted by Crippen LogP contribution is 2.38. The Kier molecular flexibility index (Phi) is 5.40. The molecule has 0 spiro atoms. The molecule has 2 N–H and O–H groups in total. The first kappa shape index (κ1) is 16.0. The zero-order chi connectivity index (χ0) is 15.4. The zero-order valence-corrected chi connectivity index (χ0v) is 13.3. The van der Waals surface area contributed by atoms with Crippen molar-refractivity contribution in [1.82, 2.24) is 5.32 Å². The van der Waals surface area contributed by atoms with Gasteiger partial charge in [-0.05, 0) is 49.1 Å². The van der Waals surface area contributed by atoms with Crippen molar-refractivity contribution < 1.29 is 9.90 Å². The highest BCUT2D eigenvalue weighted by atomic mass is 16.4. The molecule has 1 aliphatic carbocycles. The fourth-order valence-electron chi connectivity index (χ4n) is 3.23. The topological polar surface area (TPSA) is 49.3 Å². The van der Waals surface area contributed by atoms with Crippen molar-refractivity contribution in [3.05, 3.63) is 35.4 Å². The summed E-state index contributed by atoms with van der Waals surface area (Å²) < 4.78 is 0. The molecule has 1 fully saturated rings. The van der Waals surface area contributed by atoms with Crippen molar-refractivity contribution in [2.45, 2.75) is 52.0 Å². The largest absolute Gasteiger partial charge is 0.481 e. The second-order valence-electron chi connectivity index (χ2n) is 6.79. The number of carboxylic acids is 1. The molecule has 1 aromatic rings. The molecule has 1 aliphatic rings. The lowest BCUT2D eigenvalue weighted by Gasteiger charge is -2.37. The second-order valence-corrected chi connectivity index (χ2v) is 6.79. The maximum absolute atomic E-state index is 11.2. The van der Waals surface area contributed by atoms with E-state index in [1.807, 2.05) is 0 Å². The summed E-state index contributed by atoms with van der Waals surface area (Å²) in [7, 11) is 0. The van der Waals surface area contributed by atoms with Crippen LogP contribution < -0.4 is 5.32 Å². The molecule has 3 heteroatoms. The van der Waals surface area contributed by atoms with Gasteiger partial charge in [0.1, 0.15) is 0 Å². The van der Waals surface area contributed by atoms with Gasteiger partial charge in [0.2, 0.25) is 0 Å². The van der Waals surface area contributed by atoms with Gasteiger partial charge in [-0.2, -0.15) is 0 Å². The smallest absolute Gasteiger partial charge is 0.307 e. The molecule has 0 saturated heterocycles. The summed E-state index contributed by atoms with van der Waals surface area (Å²) in [6.45, 7) is 6.92. The molecule has 1 atom stereocenters. The monoisotopic (exact) mass is 289 g/mol. The number of benzene rings is 1. The Hall–Kier alpha value is -1.35. The van der Waals surface area contributed by atoms with Gasteiger partial charge in [0.25, 0.3) is 0 Å². The fourth-order valence-corrected chi connectivity index (χ4v) is 3.23. The molecule has 1 aromatic carbocycles. The van der Waals surface area contributed by atoms with Gasteiger partial charge in [-0.25, -0.2) is 0 Å². The van der Waals surface area contributed by atoms with Crippen LogP contribution in [0.15, 0.2) is 24.3 Å². The summed E-state index contributed by atoms with van der Waals surface area (Å²) in [6, 6.07) is 9.04. The number of rotatable bonds is 7. The number of carboxylic acid groups (broad SMARTS) is 1. The number of hydrogen-bond donors (Lipinski definition) is 2. The van der Waals surface area contributed by atoms with Gasteiger partial charge in [0.15, 0.2) is 0 Å². The van der Waals surface area contributed by atoms with Crippen LogP contribution in [0.4, 0.5) is 0 Å². The molecule has 0 heterocycles. The Morgan fingerprint density at radius 1 is 1.33 bits per heavy atom. The summed E-state index contributed by atoms with van der Waals surface area (Å²) in [6.07, 6.45) is 2.99. The van der Waals surface area contributed by atoms with Crippen molar-refractivity contribution in [3.63, 3.8) is 0 Å². The first-order chi connectivity index (χ1) is 9.97. The van der Waals surface area contributed by atoms with Crippen molar-refractivity contribution in [3.8, 4) is 0 Å². The lowest BCUT2D eigenvalue weighted by molar-refractivity contribution is -0.142. The molecule has 3 nitrogen and oxygen atoms in total. The van der Waals surface area contributed by atoms with Crippen molar-refractivity contribution >= 4 is 5.97 Å². The van der Waals surface area contributed by atoms with Crippen LogP contribution in [0.25, 0.3) is 0 Å². The van der Waals surface area contributed by atoms with Crippen molar-refractivity contribution in [1.29, 1.82) is 0 Å². The van der Waals surface area contributed by atoms with Crippen molar-refractivity contribution in [2.75, 3.05) is 6.54 Å². The minimum Gasteiger partial charge on any atom is -0.481 e. The molecule has 0 aliphatic heterocycles. The predicted molar refractivity (Wildman–Crippen MR) is 85.5 cm³/mol. The normalized spacial score (nSPS) is 22.9. The van der Waals surface area contributed by atoms with Crippen LogP contribution in [-0.4, -0.2) is 23.7 Å². The molecular weight excluding hydrogens is 262 g/mol. The van der Waals surface area contributed by atoms with E-state index in [1.54, 1.807) is 0 Å². The maximum Gasteiger partial charge on any atom is 0.307 e. The Morgan fingerprint density at radius 3 is 2.57 bits per heavy atom. The zero-order valence-electron chi connectivity index (χ0n) is 13.3. The Bertz CT molecular complexity index is 478.